The Morgan fingerprint density at radius 3 is 2.79 bits per heavy atom. The predicted molar refractivity (Wildman–Crippen MR) is 96.5 cm³/mol. The minimum Gasteiger partial charge on any atom is -0.330 e. The lowest BCUT2D eigenvalue weighted by molar-refractivity contribution is -0.121. The van der Waals surface area contributed by atoms with Crippen LogP contribution in [0.5, 0.6) is 0 Å². The molecule has 3 rings (SSSR count). The van der Waals surface area contributed by atoms with E-state index >= 15 is 0 Å². The van der Waals surface area contributed by atoms with Gasteiger partial charge in [-0.05, 0) is 23.8 Å². The van der Waals surface area contributed by atoms with Gasteiger partial charge in [0.25, 0.3) is 0 Å². The third-order valence-corrected chi connectivity index (χ3v) is 3.55. The van der Waals surface area contributed by atoms with Gasteiger partial charge in [-0.15, -0.1) is 0 Å². The van der Waals surface area contributed by atoms with Crippen molar-refractivity contribution in [1.29, 1.82) is 0 Å². The molecule has 0 radical (unpaired) electrons. The number of nitrogens with one attached hydrogen (secondary N) is 1. The standard InChI is InChI=1S/C19H18N4O/c24-19(22-21-13-6-9-16-7-2-1-3-8-16)12-14-23-15-20-17-10-4-5-11-18(17)23/h1-11,13,15H,12,14H2,(H,22,24)/b9-6+,21-13+. The summed E-state index contributed by atoms with van der Waals surface area (Å²) in [7, 11) is 0. The van der Waals surface area contributed by atoms with E-state index in [1.54, 1.807) is 18.6 Å². The van der Waals surface area contributed by atoms with Gasteiger partial charge in [0.15, 0.2) is 0 Å². The molecule has 0 aliphatic carbocycles. The van der Waals surface area contributed by atoms with E-state index < -0.39 is 0 Å². The number of amides is 1. The number of hydrogen-bond donors (Lipinski definition) is 1. The highest BCUT2D eigenvalue weighted by molar-refractivity contribution is 5.81. The molecular weight excluding hydrogens is 300 g/mol. The number of allylic oxidation sites excluding steroid dienone is 1. The van der Waals surface area contributed by atoms with Crippen LogP contribution in [-0.2, 0) is 11.3 Å². The first-order chi connectivity index (χ1) is 11.8. The van der Waals surface area contributed by atoms with E-state index in [1.165, 1.54) is 0 Å². The fourth-order valence-corrected chi connectivity index (χ4v) is 2.34. The van der Waals surface area contributed by atoms with E-state index in [4.69, 9.17) is 0 Å². The van der Waals surface area contributed by atoms with Crippen molar-refractivity contribution < 1.29 is 4.79 Å². The molecule has 0 fully saturated rings. The van der Waals surface area contributed by atoms with E-state index in [0.29, 0.717) is 13.0 Å². The van der Waals surface area contributed by atoms with Crippen LogP contribution in [0.4, 0.5) is 0 Å². The molecule has 2 aromatic carbocycles. The number of carbonyl (C=O) groups excluding carboxylic acids is 1. The second kappa shape index (κ2) is 7.87. The fraction of sp³-hybridized carbons (Fsp3) is 0.105. The fourth-order valence-electron chi connectivity index (χ4n) is 2.34. The number of rotatable bonds is 6. The molecule has 0 unspecified atom stereocenters. The zero-order valence-electron chi connectivity index (χ0n) is 13.2. The molecule has 0 saturated heterocycles. The van der Waals surface area contributed by atoms with E-state index in [0.717, 1.165) is 16.6 Å². The Hall–Kier alpha value is -3.21. The molecule has 1 amide bonds. The summed E-state index contributed by atoms with van der Waals surface area (Å²) in [5.41, 5.74) is 5.57. The number of fused-ring (bicyclic) bond motifs is 1. The van der Waals surface area contributed by atoms with Gasteiger partial charge in [0.1, 0.15) is 0 Å². The predicted octanol–water partition coefficient (Wildman–Crippen LogP) is 3.24. The lowest BCUT2D eigenvalue weighted by Crippen LogP contribution is -2.18. The first kappa shape index (κ1) is 15.7. The van der Waals surface area contributed by atoms with Gasteiger partial charge in [-0.1, -0.05) is 48.5 Å². The molecular formula is C19H18N4O. The van der Waals surface area contributed by atoms with E-state index in [2.05, 4.69) is 15.5 Å². The highest BCUT2D eigenvalue weighted by Crippen LogP contribution is 2.11. The van der Waals surface area contributed by atoms with Crippen LogP contribution in [0, 0.1) is 0 Å². The Labute approximate surface area is 140 Å². The van der Waals surface area contributed by atoms with Crippen LogP contribution < -0.4 is 5.43 Å². The Morgan fingerprint density at radius 2 is 1.92 bits per heavy atom. The van der Waals surface area contributed by atoms with Crippen molar-refractivity contribution in [1.82, 2.24) is 15.0 Å². The zero-order valence-corrected chi connectivity index (χ0v) is 13.2. The van der Waals surface area contributed by atoms with Crippen molar-refractivity contribution in [3.05, 3.63) is 72.6 Å². The maximum absolute atomic E-state index is 11.8. The lowest BCUT2D eigenvalue weighted by atomic mass is 10.2. The SMILES string of the molecule is O=C(CCn1cnc2ccccc21)N/N=C/C=C/c1ccccc1. The van der Waals surface area contributed by atoms with Crippen LogP contribution in [0.25, 0.3) is 17.1 Å². The van der Waals surface area contributed by atoms with Gasteiger partial charge in [-0.25, -0.2) is 10.4 Å². The van der Waals surface area contributed by atoms with Crippen molar-refractivity contribution in [3.63, 3.8) is 0 Å². The number of benzene rings is 2. The van der Waals surface area contributed by atoms with Gasteiger partial charge in [-0.3, -0.25) is 4.79 Å². The Kier molecular flexibility index (Phi) is 5.14. The van der Waals surface area contributed by atoms with Crippen molar-refractivity contribution in [3.8, 4) is 0 Å². The summed E-state index contributed by atoms with van der Waals surface area (Å²) in [6.45, 7) is 0.571. The molecule has 24 heavy (non-hydrogen) atoms. The third kappa shape index (κ3) is 4.16. The van der Waals surface area contributed by atoms with Crippen molar-refractivity contribution in [2.24, 2.45) is 5.10 Å². The third-order valence-electron chi connectivity index (χ3n) is 3.55. The smallest absolute Gasteiger partial charge is 0.241 e. The van der Waals surface area contributed by atoms with Crippen molar-refractivity contribution >= 4 is 29.2 Å². The van der Waals surface area contributed by atoms with Crippen LogP contribution >= 0.6 is 0 Å². The molecule has 1 N–H and O–H groups in total. The highest BCUT2D eigenvalue weighted by Gasteiger charge is 2.04. The van der Waals surface area contributed by atoms with Gasteiger partial charge in [0.2, 0.25) is 5.91 Å². The first-order valence-corrected chi connectivity index (χ1v) is 7.76. The molecule has 1 aromatic heterocycles. The molecule has 0 spiro atoms. The van der Waals surface area contributed by atoms with Gasteiger partial charge >= 0.3 is 0 Å². The van der Waals surface area contributed by atoms with Crippen LogP contribution in [-0.4, -0.2) is 21.7 Å². The first-order valence-electron chi connectivity index (χ1n) is 7.76. The molecule has 5 nitrogen and oxygen atoms in total. The molecule has 1 heterocycles. The average Bonchev–Trinajstić information content (AvgIpc) is 3.04. The monoisotopic (exact) mass is 318 g/mol. The second-order valence-electron chi connectivity index (χ2n) is 5.26. The number of aryl methyl sites for hydroxylation is 1. The van der Waals surface area contributed by atoms with Crippen molar-refractivity contribution in [2.75, 3.05) is 0 Å². The molecule has 0 saturated carbocycles. The summed E-state index contributed by atoms with van der Waals surface area (Å²) >= 11 is 0. The van der Waals surface area contributed by atoms with Gasteiger partial charge in [-0.2, -0.15) is 5.10 Å². The molecule has 0 aliphatic rings. The number of aromatic nitrogens is 2. The van der Waals surface area contributed by atoms with E-state index in [9.17, 15) is 4.79 Å². The molecule has 0 atom stereocenters. The molecule has 120 valence electrons. The Bertz CT molecular complexity index is 865. The number of hydrogen-bond acceptors (Lipinski definition) is 3. The van der Waals surface area contributed by atoms with Crippen molar-refractivity contribution in [2.45, 2.75) is 13.0 Å². The average molecular weight is 318 g/mol. The number of hydrazone groups is 1. The molecule has 0 bridgehead atoms. The molecule has 3 aromatic rings. The minimum atomic E-state index is -0.128. The van der Waals surface area contributed by atoms with Crippen LogP contribution in [0.2, 0.25) is 0 Å². The number of nitrogens with zero attached hydrogens (tertiary/aromatic N) is 3. The summed E-state index contributed by atoms with van der Waals surface area (Å²) in [6, 6.07) is 17.8. The van der Waals surface area contributed by atoms with Gasteiger partial charge in [0, 0.05) is 19.2 Å². The van der Waals surface area contributed by atoms with Gasteiger partial charge < -0.3 is 4.57 Å². The van der Waals surface area contributed by atoms with Crippen LogP contribution in [0.1, 0.15) is 12.0 Å². The number of para-hydroxylation sites is 2. The lowest BCUT2D eigenvalue weighted by Gasteiger charge is -2.03. The summed E-state index contributed by atoms with van der Waals surface area (Å²) in [5, 5.41) is 3.91. The summed E-state index contributed by atoms with van der Waals surface area (Å²) in [6.07, 6.45) is 7.38. The normalized spacial score (nSPS) is 11.5. The van der Waals surface area contributed by atoms with Gasteiger partial charge in [0.05, 0.1) is 17.4 Å². The number of carbonyl (C=O) groups is 1. The minimum absolute atomic E-state index is 0.128. The van der Waals surface area contributed by atoms with E-state index in [-0.39, 0.29) is 5.91 Å². The maximum Gasteiger partial charge on any atom is 0.241 e. The quantitative estimate of drug-likeness (QED) is 0.560. The summed E-state index contributed by atoms with van der Waals surface area (Å²) in [4.78, 5) is 16.1. The second-order valence-corrected chi connectivity index (χ2v) is 5.26. The van der Waals surface area contributed by atoms with E-state index in [1.807, 2.05) is 65.2 Å². The molecule has 0 aliphatic heterocycles. The Morgan fingerprint density at radius 1 is 1.12 bits per heavy atom. The summed E-state index contributed by atoms with van der Waals surface area (Å²) < 4.78 is 1.97. The van der Waals surface area contributed by atoms with Crippen LogP contribution in [0.15, 0.2) is 72.1 Å². The Balaban J connectivity index is 1.46. The molecule has 5 heteroatoms. The summed E-state index contributed by atoms with van der Waals surface area (Å²) in [5.74, 6) is -0.128. The van der Waals surface area contributed by atoms with Crippen LogP contribution in [0.3, 0.4) is 0 Å². The maximum atomic E-state index is 11.8. The zero-order chi connectivity index (χ0) is 16.6. The topological polar surface area (TPSA) is 59.3 Å². The largest absolute Gasteiger partial charge is 0.330 e. The highest BCUT2D eigenvalue weighted by atomic mass is 16.2. The number of imidazole rings is 1.